The summed E-state index contributed by atoms with van der Waals surface area (Å²) in [7, 11) is 0. The smallest absolute Gasteiger partial charge is 0.326 e. The number of hydrogen-bond acceptors (Lipinski definition) is 6. The maximum Gasteiger partial charge on any atom is 0.326 e. The van der Waals surface area contributed by atoms with Gasteiger partial charge >= 0.3 is 11.9 Å². The molecule has 23 heavy (non-hydrogen) atoms. The summed E-state index contributed by atoms with van der Waals surface area (Å²) in [6, 6.07) is -3.77. The van der Waals surface area contributed by atoms with E-state index in [0.717, 1.165) is 0 Å². The fourth-order valence-corrected chi connectivity index (χ4v) is 1.52. The zero-order valence-electron chi connectivity index (χ0n) is 12.4. The summed E-state index contributed by atoms with van der Waals surface area (Å²) in [6.07, 6.45) is -1.16. The Kier molecular flexibility index (Phi) is 8.26. The van der Waals surface area contributed by atoms with Crippen molar-refractivity contribution in [1.82, 2.24) is 10.6 Å². The van der Waals surface area contributed by atoms with Crippen molar-refractivity contribution in [3.8, 4) is 0 Å². The van der Waals surface area contributed by atoms with Crippen LogP contribution in [0.25, 0.3) is 0 Å². The van der Waals surface area contributed by atoms with Crippen molar-refractivity contribution < 1.29 is 34.2 Å². The zero-order chi connectivity index (χ0) is 18.2. The predicted molar refractivity (Wildman–Crippen MR) is 75.8 cm³/mol. The van der Waals surface area contributed by atoms with E-state index in [1.165, 1.54) is 6.92 Å². The number of amides is 3. The third-order valence-electron chi connectivity index (χ3n) is 2.77. The number of primary amides is 1. The van der Waals surface area contributed by atoms with E-state index in [2.05, 4.69) is 10.6 Å². The van der Waals surface area contributed by atoms with Crippen LogP contribution in [0.1, 0.15) is 26.2 Å². The standard InChI is InChI=1S/C12H20N4O7/c1-5(15-11(21)6(13)4-8(14)17)10(20)16-7(12(22)23)2-3-9(18)19/h5-7H,2-4,13H2,1H3,(H2,14,17)(H,15,21)(H,16,20)(H,18,19)(H,22,23)/t5-,6-,7-/m0/s1. The van der Waals surface area contributed by atoms with Crippen LogP contribution in [-0.2, 0) is 24.0 Å². The molecular weight excluding hydrogens is 312 g/mol. The van der Waals surface area contributed by atoms with Gasteiger partial charge in [-0.25, -0.2) is 4.79 Å². The Labute approximate surface area is 131 Å². The molecule has 0 aromatic carbocycles. The van der Waals surface area contributed by atoms with Gasteiger partial charge in [-0.1, -0.05) is 0 Å². The first-order chi connectivity index (χ1) is 10.5. The maximum absolute atomic E-state index is 11.8. The first kappa shape index (κ1) is 20.3. The minimum atomic E-state index is -1.41. The lowest BCUT2D eigenvalue weighted by Crippen LogP contribution is -2.53. The van der Waals surface area contributed by atoms with Crippen LogP contribution in [0, 0.1) is 0 Å². The van der Waals surface area contributed by atoms with Gasteiger partial charge in [-0.3, -0.25) is 19.2 Å². The van der Waals surface area contributed by atoms with Crippen molar-refractivity contribution in [2.75, 3.05) is 0 Å². The van der Waals surface area contributed by atoms with Crippen LogP contribution in [0.3, 0.4) is 0 Å². The SMILES string of the molecule is C[C@H](NC(=O)[C@@H](N)CC(N)=O)C(=O)N[C@@H](CCC(=O)O)C(=O)O. The number of carboxylic acids is 2. The molecule has 0 fully saturated rings. The Morgan fingerprint density at radius 2 is 1.61 bits per heavy atom. The van der Waals surface area contributed by atoms with Gasteiger partial charge in [0.15, 0.2) is 0 Å². The first-order valence-electron chi connectivity index (χ1n) is 6.63. The van der Waals surface area contributed by atoms with E-state index >= 15 is 0 Å². The lowest BCUT2D eigenvalue weighted by atomic mass is 10.1. The molecule has 3 amide bonds. The van der Waals surface area contributed by atoms with Gasteiger partial charge in [0.2, 0.25) is 17.7 Å². The van der Waals surface area contributed by atoms with Gasteiger partial charge in [-0.15, -0.1) is 0 Å². The lowest BCUT2D eigenvalue weighted by Gasteiger charge is -2.19. The van der Waals surface area contributed by atoms with Crippen LogP contribution in [0.15, 0.2) is 0 Å². The molecule has 0 rings (SSSR count). The van der Waals surface area contributed by atoms with E-state index in [1.807, 2.05) is 0 Å². The fourth-order valence-electron chi connectivity index (χ4n) is 1.52. The van der Waals surface area contributed by atoms with Crippen molar-refractivity contribution in [2.24, 2.45) is 11.5 Å². The second-order valence-electron chi connectivity index (χ2n) is 4.84. The molecule has 0 saturated heterocycles. The summed E-state index contributed by atoms with van der Waals surface area (Å²) in [5.41, 5.74) is 10.3. The van der Waals surface area contributed by atoms with Gasteiger partial charge in [-0.05, 0) is 13.3 Å². The molecule has 130 valence electrons. The molecular formula is C12H20N4O7. The molecule has 0 aromatic heterocycles. The molecule has 0 radical (unpaired) electrons. The maximum atomic E-state index is 11.8. The summed E-state index contributed by atoms with van der Waals surface area (Å²) in [5.74, 6) is -5.02. The van der Waals surface area contributed by atoms with Crippen LogP contribution in [0.4, 0.5) is 0 Å². The molecule has 0 spiro atoms. The summed E-state index contributed by atoms with van der Waals surface area (Å²) in [6.45, 7) is 1.28. The Balaban J connectivity index is 4.56. The molecule has 11 nitrogen and oxygen atoms in total. The molecule has 0 saturated carbocycles. The van der Waals surface area contributed by atoms with Crippen LogP contribution in [-0.4, -0.2) is 58.0 Å². The topological polar surface area (TPSA) is 202 Å². The average Bonchev–Trinajstić information content (AvgIpc) is 2.41. The highest BCUT2D eigenvalue weighted by Gasteiger charge is 2.26. The summed E-state index contributed by atoms with van der Waals surface area (Å²) >= 11 is 0. The minimum absolute atomic E-state index is 0.307. The number of carboxylic acid groups (broad SMARTS) is 2. The molecule has 0 unspecified atom stereocenters. The largest absolute Gasteiger partial charge is 0.481 e. The second-order valence-corrected chi connectivity index (χ2v) is 4.84. The molecule has 0 aromatic rings. The highest BCUT2D eigenvalue weighted by atomic mass is 16.4. The Bertz CT molecular complexity index is 494. The van der Waals surface area contributed by atoms with E-state index in [1.54, 1.807) is 0 Å². The van der Waals surface area contributed by atoms with Crippen LogP contribution in [0.2, 0.25) is 0 Å². The van der Waals surface area contributed by atoms with Crippen molar-refractivity contribution in [2.45, 2.75) is 44.3 Å². The number of carbonyl (C=O) groups excluding carboxylic acids is 3. The number of nitrogens with one attached hydrogen (secondary N) is 2. The Morgan fingerprint density at radius 3 is 2.04 bits per heavy atom. The fraction of sp³-hybridized carbons (Fsp3) is 0.583. The van der Waals surface area contributed by atoms with Gasteiger partial charge < -0.3 is 32.3 Å². The average molecular weight is 332 g/mol. The van der Waals surface area contributed by atoms with Gasteiger partial charge in [0.1, 0.15) is 12.1 Å². The molecule has 0 aliphatic carbocycles. The second kappa shape index (κ2) is 9.35. The molecule has 3 atom stereocenters. The molecule has 0 aliphatic rings. The molecule has 0 heterocycles. The van der Waals surface area contributed by atoms with Gasteiger partial charge in [0.25, 0.3) is 0 Å². The summed E-state index contributed by atoms with van der Waals surface area (Å²) in [5, 5.41) is 21.8. The first-order valence-corrected chi connectivity index (χ1v) is 6.63. The van der Waals surface area contributed by atoms with Crippen LogP contribution >= 0.6 is 0 Å². The van der Waals surface area contributed by atoms with E-state index in [-0.39, 0.29) is 6.42 Å². The minimum Gasteiger partial charge on any atom is -0.481 e. The van der Waals surface area contributed by atoms with E-state index < -0.39 is 60.6 Å². The number of rotatable bonds is 10. The highest BCUT2D eigenvalue weighted by Crippen LogP contribution is 1.99. The normalized spacial score (nSPS) is 14.2. The van der Waals surface area contributed by atoms with Crippen molar-refractivity contribution >= 4 is 29.7 Å². The lowest BCUT2D eigenvalue weighted by molar-refractivity contribution is -0.143. The van der Waals surface area contributed by atoms with Crippen LogP contribution < -0.4 is 22.1 Å². The van der Waals surface area contributed by atoms with Crippen molar-refractivity contribution in [3.63, 3.8) is 0 Å². The quantitative estimate of drug-likeness (QED) is 0.245. The highest BCUT2D eigenvalue weighted by molar-refractivity contribution is 5.93. The zero-order valence-corrected chi connectivity index (χ0v) is 12.4. The number of nitrogens with two attached hydrogens (primary N) is 2. The molecule has 0 aliphatic heterocycles. The third-order valence-corrected chi connectivity index (χ3v) is 2.77. The number of aliphatic carboxylic acids is 2. The predicted octanol–water partition coefficient (Wildman–Crippen LogP) is -2.87. The Morgan fingerprint density at radius 1 is 1.04 bits per heavy atom. The monoisotopic (exact) mass is 332 g/mol. The summed E-state index contributed by atoms with van der Waals surface area (Å²) in [4.78, 5) is 55.5. The van der Waals surface area contributed by atoms with Crippen molar-refractivity contribution in [1.29, 1.82) is 0 Å². The number of hydrogen-bond donors (Lipinski definition) is 6. The molecule has 11 heteroatoms. The van der Waals surface area contributed by atoms with Gasteiger partial charge in [-0.2, -0.15) is 0 Å². The van der Waals surface area contributed by atoms with Crippen molar-refractivity contribution in [3.05, 3.63) is 0 Å². The summed E-state index contributed by atoms with van der Waals surface area (Å²) < 4.78 is 0. The van der Waals surface area contributed by atoms with Crippen LogP contribution in [0.5, 0.6) is 0 Å². The van der Waals surface area contributed by atoms with E-state index in [9.17, 15) is 24.0 Å². The van der Waals surface area contributed by atoms with E-state index in [0.29, 0.717) is 0 Å². The van der Waals surface area contributed by atoms with E-state index in [4.69, 9.17) is 21.7 Å². The Hall–Kier alpha value is -2.69. The van der Waals surface area contributed by atoms with Gasteiger partial charge in [0, 0.05) is 6.42 Å². The van der Waals surface area contributed by atoms with Gasteiger partial charge in [0.05, 0.1) is 12.5 Å². The molecule has 8 N–H and O–H groups in total. The number of carbonyl (C=O) groups is 5. The molecule has 0 bridgehead atoms. The third kappa shape index (κ3) is 8.36.